The number of piperazine rings is 1. The second-order valence-electron chi connectivity index (χ2n) is 5.68. The molecule has 1 aliphatic rings. The highest BCUT2D eigenvalue weighted by Gasteiger charge is 2.19. The Kier molecular flexibility index (Phi) is 4.92. The van der Waals surface area contributed by atoms with Crippen LogP contribution in [-0.4, -0.2) is 58.1 Å². The van der Waals surface area contributed by atoms with Crippen LogP contribution < -0.4 is 5.32 Å². The van der Waals surface area contributed by atoms with Crippen molar-refractivity contribution in [3.63, 3.8) is 0 Å². The average Bonchev–Trinajstić information content (AvgIpc) is 3.14. The molecule has 0 radical (unpaired) electrons. The van der Waals surface area contributed by atoms with Crippen molar-refractivity contribution in [2.45, 2.75) is 13.5 Å². The van der Waals surface area contributed by atoms with Gasteiger partial charge in [-0.05, 0) is 18.2 Å². The standard InChI is InChI=1S/C17H23N5O/c1-2-20-9-11-21(12-10-20)17(23)19-13-15-5-3-4-6-16(15)22-8-7-18-14-22/h3-8,14H,2,9-13H2,1H3,(H,19,23). The van der Waals surface area contributed by atoms with Crippen LogP contribution in [0.15, 0.2) is 43.0 Å². The normalized spacial score (nSPS) is 15.6. The van der Waals surface area contributed by atoms with E-state index in [2.05, 4.69) is 22.1 Å². The van der Waals surface area contributed by atoms with Crippen molar-refractivity contribution in [1.29, 1.82) is 0 Å². The van der Waals surface area contributed by atoms with Crippen molar-refractivity contribution in [2.75, 3.05) is 32.7 Å². The lowest BCUT2D eigenvalue weighted by molar-refractivity contribution is 0.142. The smallest absolute Gasteiger partial charge is 0.317 e. The zero-order chi connectivity index (χ0) is 16.1. The predicted molar refractivity (Wildman–Crippen MR) is 89.5 cm³/mol. The van der Waals surface area contributed by atoms with Gasteiger partial charge in [-0.1, -0.05) is 25.1 Å². The van der Waals surface area contributed by atoms with E-state index in [1.54, 1.807) is 12.5 Å². The molecule has 0 aliphatic carbocycles. The summed E-state index contributed by atoms with van der Waals surface area (Å²) in [5.41, 5.74) is 2.12. The minimum Gasteiger partial charge on any atom is -0.334 e. The Morgan fingerprint density at radius 3 is 2.70 bits per heavy atom. The molecule has 1 fully saturated rings. The van der Waals surface area contributed by atoms with E-state index in [1.165, 1.54) is 0 Å². The summed E-state index contributed by atoms with van der Waals surface area (Å²) in [6, 6.07) is 8.06. The SMILES string of the molecule is CCN1CCN(C(=O)NCc2ccccc2-n2ccnc2)CC1. The molecule has 0 unspecified atom stereocenters. The number of benzene rings is 1. The molecule has 1 saturated heterocycles. The molecule has 1 aliphatic heterocycles. The zero-order valence-corrected chi connectivity index (χ0v) is 13.5. The van der Waals surface area contributed by atoms with Gasteiger partial charge < -0.3 is 19.7 Å². The molecule has 6 heteroatoms. The van der Waals surface area contributed by atoms with E-state index in [1.807, 2.05) is 39.9 Å². The summed E-state index contributed by atoms with van der Waals surface area (Å²) in [4.78, 5) is 20.7. The Hall–Kier alpha value is -2.34. The number of hydrogen-bond acceptors (Lipinski definition) is 3. The lowest BCUT2D eigenvalue weighted by Crippen LogP contribution is -2.51. The second kappa shape index (κ2) is 7.28. The number of rotatable bonds is 4. The van der Waals surface area contributed by atoms with Crippen LogP contribution in [0.4, 0.5) is 4.79 Å². The third kappa shape index (κ3) is 3.71. The second-order valence-corrected chi connectivity index (χ2v) is 5.68. The fourth-order valence-electron chi connectivity index (χ4n) is 2.86. The van der Waals surface area contributed by atoms with Gasteiger partial charge in [-0.25, -0.2) is 9.78 Å². The Morgan fingerprint density at radius 2 is 2.00 bits per heavy atom. The number of carbonyl (C=O) groups excluding carboxylic acids is 1. The van der Waals surface area contributed by atoms with Crippen LogP contribution in [0.3, 0.4) is 0 Å². The molecule has 23 heavy (non-hydrogen) atoms. The first-order valence-corrected chi connectivity index (χ1v) is 8.09. The van der Waals surface area contributed by atoms with E-state index in [0.717, 1.165) is 44.0 Å². The summed E-state index contributed by atoms with van der Waals surface area (Å²) in [5, 5.41) is 3.04. The number of carbonyl (C=O) groups is 1. The van der Waals surface area contributed by atoms with Crippen molar-refractivity contribution in [3.8, 4) is 5.69 Å². The summed E-state index contributed by atoms with van der Waals surface area (Å²) < 4.78 is 1.96. The number of amides is 2. The van der Waals surface area contributed by atoms with Crippen molar-refractivity contribution in [2.24, 2.45) is 0 Å². The molecule has 2 aromatic rings. The van der Waals surface area contributed by atoms with Gasteiger partial charge in [0.2, 0.25) is 0 Å². The van der Waals surface area contributed by atoms with Crippen molar-refractivity contribution in [1.82, 2.24) is 24.7 Å². The third-order valence-electron chi connectivity index (χ3n) is 4.31. The maximum Gasteiger partial charge on any atom is 0.317 e. The van der Waals surface area contributed by atoms with Crippen LogP contribution in [0.2, 0.25) is 0 Å². The van der Waals surface area contributed by atoms with Gasteiger partial charge in [0.15, 0.2) is 0 Å². The molecule has 3 rings (SSSR count). The number of urea groups is 1. The van der Waals surface area contributed by atoms with E-state index in [-0.39, 0.29) is 6.03 Å². The largest absolute Gasteiger partial charge is 0.334 e. The first-order valence-electron chi connectivity index (χ1n) is 8.09. The molecule has 0 saturated carbocycles. The molecular formula is C17H23N5O. The summed E-state index contributed by atoms with van der Waals surface area (Å²) in [7, 11) is 0. The highest BCUT2D eigenvalue weighted by molar-refractivity contribution is 5.74. The van der Waals surface area contributed by atoms with Crippen LogP contribution >= 0.6 is 0 Å². The number of aromatic nitrogens is 2. The van der Waals surface area contributed by atoms with Gasteiger partial charge in [0.05, 0.1) is 12.0 Å². The van der Waals surface area contributed by atoms with Gasteiger partial charge in [-0.2, -0.15) is 0 Å². The lowest BCUT2D eigenvalue weighted by atomic mass is 10.1. The highest BCUT2D eigenvalue weighted by Crippen LogP contribution is 2.14. The van der Waals surface area contributed by atoms with E-state index >= 15 is 0 Å². The molecule has 2 amide bonds. The molecular weight excluding hydrogens is 290 g/mol. The Balaban J connectivity index is 1.60. The molecule has 1 aromatic carbocycles. The van der Waals surface area contributed by atoms with E-state index in [4.69, 9.17) is 0 Å². The van der Waals surface area contributed by atoms with E-state index < -0.39 is 0 Å². The molecule has 2 heterocycles. The first-order chi connectivity index (χ1) is 11.3. The Morgan fingerprint density at radius 1 is 1.22 bits per heavy atom. The minimum atomic E-state index is 0.0150. The fourth-order valence-corrected chi connectivity index (χ4v) is 2.86. The van der Waals surface area contributed by atoms with Gasteiger partial charge >= 0.3 is 6.03 Å². The van der Waals surface area contributed by atoms with Gasteiger partial charge in [-0.3, -0.25) is 0 Å². The third-order valence-corrected chi connectivity index (χ3v) is 4.31. The number of likely N-dealkylation sites (N-methyl/N-ethyl adjacent to an activating group) is 1. The fraction of sp³-hybridized carbons (Fsp3) is 0.412. The minimum absolute atomic E-state index is 0.0150. The number of hydrogen-bond donors (Lipinski definition) is 1. The molecule has 6 nitrogen and oxygen atoms in total. The summed E-state index contributed by atoms with van der Waals surface area (Å²) in [6.07, 6.45) is 5.43. The van der Waals surface area contributed by atoms with Crippen LogP contribution in [0, 0.1) is 0 Å². The van der Waals surface area contributed by atoms with Gasteiger partial charge in [0.25, 0.3) is 0 Å². The highest BCUT2D eigenvalue weighted by atomic mass is 16.2. The van der Waals surface area contributed by atoms with Gasteiger partial charge in [0.1, 0.15) is 0 Å². The topological polar surface area (TPSA) is 53.4 Å². The van der Waals surface area contributed by atoms with Crippen molar-refractivity contribution < 1.29 is 4.79 Å². The van der Waals surface area contributed by atoms with Crippen LogP contribution in [0.25, 0.3) is 5.69 Å². The molecule has 122 valence electrons. The number of nitrogens with one attached hydrogen (secondary N) is 1. The average molecular weight is 313 g/mol. The molecule has 0 atom stereocenters. The Bertz CT molecular complexity index is 632. The molecule has 0 spiro atoms. The zero-order valence-electron chi connectivity index (χ0n) is 13.5. The van der Waals surface area contributed by atoms with Crippen LogP contribution in [0.5, 0.6) is 0 Å². The van der Waals surface area contributed by atoms with Gasteiger partial charge in [0, 0.05) is 45.1 Å². The number of para-hydroxylation sites is 1. The van der Waals surface area contributed by atoms with Crippen LogP contribution in [-0.2, 0) is 6.54 Å². The number of imidazole rings is 1. The quantitative estimate of drug-likeness (QED) is 0.935. The van der Waals surface area contributed by atoms with Crippen LogP contribution in [0.1, 0.15) is 12.5 Å². The van der Waals surface area contributed by atoms with Gasteiger partial charge in [-0.15, -0.1) is 0 Å². The summed E-state index contributed by atoms with van der Waals surface area (Å²) in [6.45, 7) is 7.22. The number of nitrogens with zero attached hydrogens (tertiary/aromatic N) is 4. The predicted octanol–water partition coefficient (Wildman–Crippen LogP) is 1.72. The first kappa shape index (κ1) is 15.6. The maximum absolute atomic E-state index is 12.3. The molecule has 1 N–H and O–H groups in total. The van der Waals surface area contributed by atoms with Crippen molar-refractivity contribution in [3.05, 3.63) is 48.5 Å². The van der Waals surface area contributed by atoms with E-state index in [9.17, 15) is 4.79 Å². The van der Waals surface area contributed by atoms with Crippen molar-refractivity contribution >= 4 is 6.03 Å². The van der Waals surface area contributed by atoms with E-state index in [0.29, 0.717) is 6.54 Å². The maximum atomic E-state index is 12.3. The molecule has 1 aromatic heterocycles. The lowest BCUT2D eigenvalue weighted by Gasteiger charge is -2.34. The summed E-state index contributed by atoms with van der Waals surface area (Å²) in [5.74, 6) is 0. The Labute approximate surface area is 136 Å². The summed E-state index contributed by atoms with van der Waals surface area (Å²) >= 11 is 0. The monoisotopic (exact) mass is 313 g/mol. The molecule has 0 bridgehead atoms.